The molecule has 0 radical (unpaired) electrons. The molecule has 5 heteroatoms. The fourth-order valence-electron chi connectivity index (χ4n) is 1.74. The summed E-state index contributed by atoms with van der Waals surface area (Å²) in [7, 11) is 3.22. The average molecular weight is 266 g/mol. The van der Waals surface area contributed by atoms with Crippen molar-refractivity contribution in [3.05, 3.63) is 29.8 Å². The van der Waals surface area contributed by atoms with Gasteiger partial charge in [0.1, 0.15) is 0 Å². The van der Waals surface area contributed by atoms with Crippen molar-refractivity contribution in [2.24, 2.45) is 0 Å². The van der Waals surface area contributed by atoms with E-state index in [2.05, 4.69) is 10.6 Å². The lowest BCUT2D eigenvalue weighted by Gasteiger charge is -2.17. The molecule has 0 saturated carbocycles. The highest BCUT2D eigenvalue weighted by atomic mass is 16.7. The number of rotatable bonds is 8. The highest BCUT2D eigenvalue weighted by Gasteiger charge is 2.06. The molecule has 2 N–H and O–H groups in total. The summed E-state index contributed by atoms with van der Waals surface area (Å²) in [5.74, 6) is -0.00993. The van der Waals surface area contributed by atoms with Crippen LogP contribution in [0.25, 0.3) is 0 Å². The Bertz CT molecular complexity index is 392. The molecule has 19 heavy (non-hydrogen) atoms. The van der Waals surface area contributed by atoms with Gasteiger partial charge in [-0.2, -0.15) is 0 Å². The molecule has 1 rings (SSSR count). The smallest absolute Gasteiger partial charge is 0.216 e. The van der Waals surface area contributed by atoms with E-state index in [-0.39, 0.29) is 12.2 Å². The maximum Gasteiger partial charge on any atom is 0.216 e. The van der Waals surface area contributed by atoms with E-state index in [9.17, 15) is 4.79 Å². The number of hydrogen-bond acceptors (Lipinski definition) is 4. The average Bonchev–Trinajstić information content (AvgIpc) is 2.41. The number of carbonyl (C=O) groups excluding carboxylic acids is 1. The SMILES string of the molecule is COC(CNc1ccccc1CCNC(C)=O)OC. The first-order valence-electron chi connectivity index (χ1n) is 6.29. The highest BCUT2D eigenvalue weighted by molar-refractivity contribution is 5.72. The maximum atomic E-state index is 10.9. The van der Waals surface area contributed by atoms with Crippen LogP contribution in [0.2, 0.25) is 0 Å². The minimum absolute atomic E-state index is 0.00993. The van der Waals surface area contributed by atoms with Crippen LogP contribution in [0.3, 0.4) is 0 Å². The van der Waals surface area contributed by atoms with Crippen LogP contribution in [-0.4, -0.2) is 39.5 Å². The predicted octanol–water partition coefficient (Wildman–Crippen LogP) is 1.40. The number of para-hydroxylation sites is 1. The van der Waals surface area contributed by atoms with Crippen molar-refractivity contribution in [1.82, 2.24) is 5.32 Å². The largest absolute Gasteiger partial charge is 0.380 e. The lowest BCUT2D eigenvalue weighted by molar-refractivity contribution is -0.118. The molecule has 106 valence electrons. The van der Waals surface area contributed by atoms with Gasteiger partial charge < -0.3 is 20.1 Å². The Morgan fingerprint density at radius 2 is 1.95 bits per heavy atom. The molecule has 0 spiro atoms. The molecular weight excluding hydrogens is 244 g/mol. The summed E-state index contributed by atoms with van der Waals surface area (Å²) in [5.41, 5.74) is 2.19. The molecule has 0 heterocycles. The third-order valence-corrected chi connectivity index (χ3v) is 2.77. The normalized spacial score (nSPS) is 10.5. The van der Waals surface area contributed by atoms with Crippen molar-refractivity contribution < 1.29 is 14.3 Å². The zero-order valence-electron chi connectivity index (χ0n) is 11.7. The van der Waals surface area contributed by atoms with Gasteiger partial charge in [0, 0.05) is 33.4 Å². The van der Waals surface area contributed by atoms with Crippen molar-refractivity contribution in [3.63, 3.8) is 0 Å². The summed E-state index contributed by atoms with van der Waals surface area (Å²) in [6.07, 6.45) is 0.510. The van der Waals surface area contributed by atoms with E-state index < -0.39 is 0 Å². The minimum atomic E-state index is -0.275. The van der Waals surface area contributed by atoms with Crippen LogP contribution >= 0.6 is 0 Å². The number of methoxy groups -OCH3 is 2. The molecule has 0 fully saturated rings. The first kappa shape index (κ1) is 15.5. The van der Waals surface area contributed by atoms with Crippen molar-refractivity contribution >= 4 is 11.6 Å². The zero-order chi connectivity index (χ0) is 14.1. The molecular formula is C14H22N2O3. The highest BCUT2D eigenvalue weighted by Crippen LogP contribution is 2.15. The molecule has 0 atom stereocenters. The molecule has 0 bridgehead atoms. The van der Waals surface area contributed by atoms with Crippen LogP contribution < -0.4 is 10.6 Å². The monoisotopic (exact) mass is 266 g/mol. The Hall–Kier alpha value is -1.59. The minimum Gasteiger partial charge on any atom is -0.380 e. The van der Waals surface area contributed by atoms with E-state index in [1.54, 1.807) is 14.2 Å². The summed E-state index contributed by atoms with van der Waals surface area (Å²) in [6.45, 7) is 2.72. The number of amides is 1. The van der Waals surface area contributed by atoms with Gasteiger partial charge in [0.05, 0.1) is 6.54 Å². The Morgan fingerprint density at radius 3 is 2.58 bits per heavy atom. The second kappa shape index (κ2) is 8.50. The first-order valence-corrected chi connectivity index (χ1v) is 6.29. The van der Waals surface area contributed by atoms with Gasteiger partial charge >= 0.3 is 0 Å². The van der Waals surface area contributed by atoms with Gasteiger partial charge in [-0.15, -0.1) is 0 Å². The van der Waals surface area contributed by atoms with Crippen LogP contribution in [0, 0.1) is 0 Å². The van der Waals surface area contributed by atoms with Gasteiger partial charge in [-0.05, 0) is 18.1 Å². The summed E-state index contributed by atoms with van der Waals surface area (Å²) in [4.78, 5) is 10.9. The molecule has 0 aromatic heterocycles. The predicted molar refractivity (Wildman–Crippen MR) is 75.1 cm³/mol. The van der Waals surface area contributed by atoms with E-state index in [1.807, 2.05) is 24.3 Å². The topological polar surface area (TPSA) is 59.6 Å². The maximum absolute atomic E-state index is 10.9. The molecule has 5 nitrogen and oxygen atoms in total. The Balaban J connectivity index is 2.54. The van der Waals surface area contributed by atoms with E-state index in [0.29, 0.717) is 13.1 Å². The second-order valence-corrected chi connectivity index (χ2v) is 4.17. The molecule has 1 amide bonds. The van der Waals surface area contributed by atoms with Crippen molar-refractivity contribution in [1.29, 1.82) is 0 Å². The van der Waals surface area contributed by atoms with Crippen LogP contribution in [0.15, 0.2) is 24.3 Å². The second-order valence-electron chi connectivity index (χ2n) is 4.17. The van der Waals surface area contributed by atoms with Crippen molar-refractivity contribution in [3.8, 4) is 0 Å². The molecule has 0 aliphatic heterocycles. The molecule has 0 aliphatic rings. The number of benzene rings is 1. The zero-order valence-corrected chi connectivity index (χ0v) is 11.7. The molecule has 0 unspecified atom stereocenters. The third-order valence-electron chi connectivity index (χ3n) is 2.77. The number of nitrogens with one attached hydrogen (secondary N) is 2. The Morgan fingerprint density at radius 1 is 1.26 bits per heavy atom. The lowest BCUT2D eigenvalue weighted by Crippen LogP contribution is -2.25. The van der Waals surface area contributed by atoms with Gasteiger partial charge in [-0.25, -0.2) is 0 Å². The van der Waals surface area contributed by atoms with Gasteiger partial charge in [0.15, 0.2) is 6.29 Å². The van der Waals surface area contributed by atoms with Gasteiger partial charge in [-0.3, -0.25) is 4.79 Å². The van der Waals surface area contributed by atoms with Crippen LogP contribution in [0.4, 0.5) is 5.69 Å². The fraction of sp³-hybridized carbons (Fsp3) is 0.500. The van der Waals surface area contributed by atoms with E-state index in [1.165, 1.54) is 6.92 Å². The van der Waals surface area contributed by atoms with Crippen LogP contribution in [0.1, 0.15) is 12.5 Å². The molecule has 0 saturated heterocycles. The number of carbonyl (C=O) groups is 1. The summed E-state index contributed by atoms with van der Waals surface area (Å²) < 4.78 is 10.3. The summed E-state index contributed by atoms with van der Waals surface area (Å²) in [5, 5.41) is 6.08. The van der Waals surface area contributed by atoms with E-state index in [0.717, 1.165) is 17.7 Å². The number of anilines is 1. The van der Waals surface area contributed by atoms with E-state index >= 15 is 0 Å². The fourth-order valence-corrected chi connectivity index (χ4v) is 1.74. The van der Waals surface area contributed by atoms with Gasteiger partial charge in [-0.1, -0.05) is 18.2 Å². The molecule has 1 aromatic carbocycles. The summed E-state index contributed by atoms with van der Waals surface area (Å²) in [6, 6.07) is 8.00. The van der Waals surface area contributed by atoms with Gasteiger partial charge in [0.25, 0.3) is 0 Å². The standard InChI is InChI=1S/C14H22N2O3/c1-11(17)15-9-8-12-6-4-5-7-13(12)16-10-14(18-2)19-3/h4-7,14,16H,8-10H2,1-3H3,(H,15,17). The summed E-state index contributed by atoms with van der Waals surface area (Å²) >= 11 is 0. The molecule has 1 aromatic rings. The first-order chi connectivity index (χ1) is 9.17. The van der Waals surface area contributed by atoms with Crippen LogP contribution in [-0.2, 0) is 20.7 Å². The quantitative estimate of drug-likeness (QED) is 0.698. The van der Waals surface area contributed by atoms with Crippen molar-refractivity contribution in [2.45, 2.75) is 19.6 Å². The van der Waals surface area contributed by atoms with Crippen molar-refractivity contribution in [2.75, 3.05) is 32.6 Å². The number of ether oxygens (including phenoxy) is 2. The third kappa shape index (κ3) is 5.72. The lowest BCUT2D eigenvalue weighted by atomic mass is 10.1. The van der Waals surface area contributed by atoms with Gasteiger partial charge in [0.2, 0.25) is 5.91 Å². The van der Waals surface area contributed by atoms with E-state index in [4.69, 9.17) is 9.47 Å². The number of hydrogen-bond donors (Lipinski definition) is 2. The van der Waals surface area contributed by atoms with Crippen LogP contribution in [0.5, 0.6) is 0 Å². The molecule has 0 aliphatic carbocycles. The Labute approximate surface area is 114 Å². The Kier molecular flexibility index (Phi) is 6.92.